The van der Waals surface area contributed by atoms with Crippen molar-refractivity contribution in [1.82, 2.24) is 4.90 Å². The van der Waals surface area contributed by atoms with Crippen LogP contribution in [0, 0.1) is 5.92 Å². The number of carbonyl (C=O) groups is 1. The van der Waals surface area contributed by atoms with Gasteiger partial charge < -0.3 is 9.64 Å². The number of nitrogens with zero attached hydrogens (tertiary/aromatic N) is 1. The van der Waals surface area contributed by atoms with Crippen molar-refractivity contribution in [2.75, 3.05) is 13.1 Å². The van der Waals surface area contributed by atoms with Crippen LogP contribution in [0.15, 0.2) is 0 Å². The largest absolute Gasteiger partial charge is 0.444 e. The maximum atomic E-state index is 11.7. The molecule has 102 valence electrons. The highest BCUT2D eigenvalue weighted by molar-refractivity contribution is 5.68. The first-order valence-corrected chi connectivity index (χ1v) is 6.90. The Kier molecular flexibility index (Phi) is 7.24. The third-order valence-corrected chi connectivity index (χ3v) is 2.84. The van der Waals surface area contributed by atoms with Gasteiger partial charge in [0.2, 0.25) is 0 Å². The van der Waals surface area contributed by atoms with E-state index in [0.717, 1.165) is 31.8 Å². The van der Waals surface area contributed by atoms with Crippen LogP contribution >= 0.6 is 0 Å². The van der Waals surface area contributed by atoms with Gasteiger partial charge in [0.1, 0.15) is 5.60 Å². The van der Waals surface area contributed by atoms with Gasteiger partial charge in [0.15, 0.2) is 0 Å². The van der Waals surface area contributed by atoms with Crippen molar-refractivity contribution in [3.05, 3.63) is 0 Å². The molecule has 0 unspecified atom stereocenters. The van der Waals surface area contributed by atoms with Crippen LogP contribution in [0.25, 0.3) is 0 Å². The predicted molar refractivity (Wildman–Crippen MR) is 72.2 cm³/mol. The molecule has 0 atom stereocenters. The summed E-state index contributed by atoms with van der Waals surface area (Å²) in [5.74, 6) is 0.795. The number of carbonyl (C=O) groups excluding carboxylic acids is 1. The van der Waals surface area contributed by atoms with Crippen molar-refractivity contribution in [2.45, 2.75) is 66.4 Å². The van der Waals surface area contributed by atoms with E-state index >= 15 is 0 Å². The van der Waals surface area contributed by atoms with Crippen LogP contribution in [0.2, 0.25) is 0 Å². The summed E-state index contributed by atoms with van der Waals surface area (Å²) in [6.45, 7) is 13.6. The highest BCUT2D eigenvalue weighted by Crippen LogP contribution is 2.21. The Morgan fingerprint density at radius 3 is 2.06 bits per heavy atom. The molecule has 3 nitrogen and oxygen atoms in total. The fourth-order valence-corrected chi connectivity index (χ4v) is 1.85. The second-order valence-electron chi connectivity index (χ2n) is 5.32. The average Bonchev–Trinajstić information content (AvgIpc) is 2.29. The van der Waals surface area contributed by atoms with Crippen molar-refractivity contribution in [1.29, 1.82) is 0 Å². The van der Waals surface area contributed by atoms with Crippen molar-refractivity contribution >= 4 is 6.09 Å². The van der Waals surface area contributed by atoms with Gasteiger partial charge in [-0.3, -0.25) is 0 Å². The van der Waals surface area contributed by atoms with Gasteiger partial charge in [-0.2, -0.15) is 0 Å². The molecular formula is C14H29NO2. The van der Waals surface area contributed by atoms with Crippen LogP contribution in [-0.2, 0) is 4.74 Å². The van der Waals surface area contributed by atoms with Crippen molar-refractivity contribution in [2.24, 2.45) is 5.92 Å². The Balaban J connectivity index is 0.00000121. The molecule has 0 bridgehead atoms. The van der Waals surface area contributed by atoms with E-state index in [2.05, 4.69) is 6.92 Å². The summed E-state index contributed by atoms with van der Waals surface area (Å²) in [5.41, 5.74) is -0.376. The monoisotopic (exact) mass is 243 g/mol. The summed E-state index contributed by atoms with van der Waals surface area (Å²) in [6, 6.07) is 0. The zero-order valence-electron chi connectivity index (χ0n) is 12.4. The van der Waals surface area contributed by atoms with Gasteiger partial charge in [-0.25, -0.2) is 4.79 Å². The molecule has 0 aliphatic carbocycles. The molecule has 1 rings (SSSR count). The van der Waals surface area contributed by atoms with Gasteiger partial charge in [0, 0.05) is 13.1 Å². The smallest absolute Gasteiger partial charge is 0.410 e. The fourth-order valence-electron chi connectivity index (χ4n) is 1.85. The third-order valence-electron chi connectivity index (χ3n) is 2.84. The molecule has 0 N–H and O–H groups in total. The van der Waals surface area contributed by atoms with E-state index in [1.165, 1.54) is 6.42 Å². The van der Waals surface area contributed by atoms with E-state index in [9.17, 15) is 4.79 Å². The number of piperidine rings is 1. The lowest BCUT2D eigenvalue weighted by molar-refractivity contribution is 0.0183. The molecule has 1 aliphatic rings. The maximum Gasteiger partial charge on any atom is 0.410 e. The van der Waals surface area contributed by atoms with Crippen LogP contribution in [0.3, 0.4) is 0 Å². The molecule has 0 radical (unpaired) electrons. The minimum atomic E-state index is -0.376. The third kappa shape index (κ3) is 6.54. The molecule has 1 aliphatic heterocycles. The minimum absolute atomic E-state index is 0.156. The van der Waals surface area contributed by atoms with Gasteiger partial charge in [-0.15, -0.1) is 0 Å². The normalized spacial score (nSPS) is 17.2. The standard InChI is InChI=1S/C12H23NO2.C2H6/c1-5-10-6-8-13(9-7-10)11(14)15-12(2,3)4;1-2/h10H,5-9H2,1-4H3;1-2H3. The summed E-state index contributed by atoms with van der Waals surface area (Å²) < 4.78 is 5.33. The van der Waals surface area contributed by atoms with Crippen molar-refractivity contribution < 1.29 is 9.53 Å². The summed E-state index contributed by atoms with van der Waals surface area (Å²) >= 11 is 0. The molecule has 1 amide bonds. The molecule has 0 aromatic heterocycles. The fraction of sp³-hybridized carbons (Fsp3) is 0.929. The molecule has 1 saturated heterocycles. The second kappa shape index (κ2) is 7.57. The van der Waals surface area contributed by atoms with E-state index in [-0.39, 0.29) is 11.7 Å². The van der Waals surface area contributed by atoms with E-state index in [1.54, 1.807) is 0 Å². The lowest BCUT2D eigenvalue weighted by atomic mass is 9.95. The Morgan fingerprint density at radius 2 is 1.71 bits per heavy atom. The summed E-state index contributed by atoms with van der Waals surface area (Å²) in [5, 5.41) is 0. The maximum absolute atomic E-state index is 11.7. The molecule has 0 aromatic carbocycles. The molecule has 1 heterocycles. The number of likely N-dealkylation sites (tertiary alicyclic amines) is 1. The number of ether oxygens (including phenoxy) is 1. The highest BCUT2D eigenvalue weighted by atomic mass is 16.6. The van der Waals surface area contributed by atoms with Crippen molar-refractivity contribution in [3.63, 3.8) is 0 Å². The SMILES string of the molecule is CC.CCC1CCN(C(=O)OC(C)(C)C)CC1. The summed E-state index contributed by atoms with van der Waals surface area (Å²) in [4.78, 5) is 13.5. The van der Waals surface area contributed by atoms with E-state index < -0.39 is 0 Å². The van der Waals surface area contributed by atoms with Gasteiger partial charge in [0.05, 0.1) is 0 Å². The molecule has 0 aromatic rings. The van der Waals surface area contributed by atoms with Gasteiger partial charge in [0.25, 0.3) is 0 Å². The van der Waals surface area contributed by atoms with Crippen LogP contribution < -0.4 is 0 Å². The Bertz CT molecular complexity index is 213. The van der Waals surface area contributed by atoms with Crippen LogP contribution in [0.5, 0.6) is 0 Å². The Morgan fingerprint density at radius 1 is 1.24 bits per heavy atom. The minimum Gasteiger partial charge on any atom is -0.444 e. The number of hydrogen-bond donors (Lipinski definition) is 0. The number of amides is 1. The number of hydrogen-bond acceptors (Lipinski definition) is 2. The van der Waals surface area contributed by atoms with Gasteiger partial charge in [-0.05, 0) is 39.5 Å². The summed E-state index contributed by atoms with van der Waals surface area (Å²) in [7, 11) is 0. The Labute approximate surface area is 107 Å². The Hall–Kier alpha value is -0.730. The highest BCUT2D eigenvalue weighted by Gasteiger charge is 2.25. The molecule has 17 heavy (non-hydrogen) atoms. The molecule has 0 spiro atoms. The molecule has 0 saturated carbocycles. The average molecular weight is 243 g/mol. The van der Waals surface area contributed by atoms with Gasteiger partial charge in [-0.1, -0.05) is 27.2 Å². The summed E-state index contributed by atoms with van der Waals surface area (Å²) in [6.07, 6.45) is 3.31. The predicted octanol–water partition coefficient (Wildman–Crippen LogP) is 4.07. The van der Waals surface area contributed by atoms with E-state index in [1.807, 2.05) is 39.5 Å². The zero-order chi connectivity index (χ0) is 13.5. The quantitative estimate of drug-likeness (QED) is 0.694. The first-order chi connectivity index (χ1) is 7.92. The van der Waals surface area contributed by atoms with Crippen LogP contribution in [0.1, 0.15) is 60.8 Å². The second-order valence-corrected chi connectivity index (χ2v) is 5.32. The molecular weight excluding hydrogens is 214 g/mol. The van der Waals surface area contributed by atoms with Gasteiger partial charge >= 0.3 is 6.09 Å². The van der Waals surface area contributed by atoms with E-state index in [0.29, 0.717) is 0 Å². The molecule has 3 heteroatoms. The van der Waals surface area contributed by atoms with E-state index in [4.69, 9.17) is 4.74 Å². The lowest BCUT2D eigenvalue weighted by Gasteiger charge is -2.33. The topological polar surface area (TPSA) is 29.5 Å². The molecule has 1 fully saturated rings. The first-order valence-electron chi connectivity index (χ1n) is 6.90. The number of rotatable bonds is 1. The zero-order valence-corrected chi connectivity index (χ0v) is 12.4. The first kappa shape index (κ1) is 16.3. The van der Waals surface area contributed by atoms with Crippen molar-refractivity contribution in [3.8, 4) is 0 Å². The van der Waals surface area contributed by atoms with Crippen LogP contribution in [-0.4, -0.2) is 29.7 Å². The van der Waals surface area contributed by atoms with Crippen LogP contribution in [0.4, 0.5) is 4.79 Å². The lowest BCUT2D eigenvalue weighted by Crippen LogP contribution is -2.41.